The number of aromatic nitrogens is 1. The van der Waals surface area contributed by atoms with E-state index in [1.807, 2.05) is 19.1 Å². The number of pyridine rings is 1. The standard InChI is InChI=1S/C22H23ClN2O/c1-15-16(2)26-21-14-17(6-7-19(15)21)8-11-25-12-9-18(10-13-25)20-4-3-5-22(23)24-20/h3-7,9,12,14,18H,8,10-11,13H2,1-2H3. The summed E-state index contributed by atoms with van der Waals surface area (Å²) in [6.07, 6.45) is 6.53. The summed E-state index contributed by atoms with van der Waals surface area (Å²) in [5, 5.41) is 1.79. The minimum absolute atomic E-state index is 0.357. The van der Waals surface area contributed by atoms with Crippen molar-refractivity contribution in [3.05, 3.63) is 76.4 Å². The molecule has 0 bridgehead atoms. The van der Waals surface area contributed by atoms with E-state index in [9.17, 15) is 0 Å². The average molecular weight is 367 g/mol. The summed E-state index contributed by atoms with van der Waals surface area (Å²) < 4.78 is 5.86. The molecule has 0 N–H and O–H groups in total. The Hall–Kier alpha value is -2.26. The van der Waals surface area contributed by atoms with Gasteiger partial charge in [0.1, 0.15) is 16.5 Å². The molecule has 0 radical (unpaired) electrons. The van der Waals surface area contributed by atoms with Gasteiger partial charge < -0.3 is 9.32 Å². The minimum Gasteiger partial charge on any atom is -0.461 e. The number of hydrogen-bond acceptors (Lipinski definition) is 3. The number of furan rings is 1. The van der Waals surface area contributed by atoms with E-state index in [2.05, 4.69) is 53.3 Å². The minimum atomic E-state index is 0.357. The van der Waals surface area contributed by atoms with Crippen molar-refractivity contribution in [1.29, 1.82) is 0 Å². The lowest BCUT2D eigenvalue weighted by atomic mass is 9.97. The topological polar surface area (TPSA) is 29.3 Å². The molecule has 4 heteroatoms. The summed E-state index contributed by atoms with van der Waals surface area (Å²) in [7, 11) is 0. The number of halogens is 1. The van der Waals surface area contributed by atoms with E-state index in [4.69, 9.17) is 16.0 Å². The lowest BCUT2D eigenvalue weighted by Gasteiger charge is -2.27. The average Bonchev–Trinajstić information content (AvgIpc) is 2.94. The summed E-state index contributed by atoms with van der Waals surface area (Å²) in [5.74, 6) is 1.37. The Morgan fingerprint density at radius 3 is 2.88 bits per heavy atom. The van der Waals surface area contributed by atoms with Gasteiger partial charge in [0.2, 0.25) is 0 Å². The molecule has 1 aromatic carbocycles. The second-order valence-electron chi connectivity index (χ2n) is 7.02. The number of benzene rings is 1. The summed E-state index contributed by atoms with van der Waals surface area (Å²) in [5.41, 5.74) is 4.62. The highest BCUT2D eigenvalue weighted by Crippen LogP contribution is 2.27. The fourth-order valence-corrected chi connectivity index (χ4v) is 3.76. The maximum atomic E-state index is 6.01. The number of allylic oxidation sites excluding steroid dienone is 1. The van der Waals surface area contributed by atoms with E-state index in [0.29, 0.717) is 11.1 Å². The predicted octanol–water partition coefficient (Wildman–Crippen LogP) is 5.64. The van der Waals surface area contributed by atoms with Gasteiger partial charge in [0.25, 0.3) is 0 Å². The third-order valence-corrected chi connectivity index (χ3v) is 5.51. The molecule has 0 saturated heterocycles. The zero-order valence-corrected chi connectivity index (χ0v) is 16.0. The molecule has 3 aromatic rings. The molecule has 2 aromatic heterocycles. The van der Waals surface area contributed by atoms with E-state index in [-0.39, 0.29) is 0 Å². The SMILES string of the molecule is Cc1oc2cc(CCN3C=CC(c4cccc(Cl)n4)CC3)ccc2c1C. The Balaban J connectivity index is 1.39. The summed E-state index contributed by atoms with van der Waals surface area (Å²) >= 11 is 6.01. The highest BCUT2D eigenvalue weighted by atomic mass is 35.5. The van der Waals surface area contributed by atoms with Gasteiger partial charge in [-0.3, -0.25) is 0 Å². The van der Waals surface area contributed by atoms with Gasteiger partial charge in [-0.1, -0.05) is 35.9 Å². The molecule has 3 heterocycles. The molecule has 0 fully saturated rings. The fraction of sp³-hybridized carbons (Fsp3) is 0.318. The third-order valence-electron chi connectivity index (χ3n) is 5.30. The number of nitrogens with zero attached hydrogens (tertiary/aromatic N) is 2. The van der Waals surface area contributed by atoms with Gasteiger partial charge in [-0.05, 0) is 62.2 Å². The highest BCUT2D eigenvalue weighted by Gasteiger charge is 2.16. The van der Waals surface area contributed by atoms with Gasteiger partial charge >= 0.3 is 0 Å². The van der Waals surface area contributed by atoms with Crippen molar-refractivity contribution in [2.24, 2.45) is 0 Å². The van der Waals surface area contributed by atoms with Crippen LogP contribution in [0.15, 0.2) is 53.1 Å². The lowest BCUT2D eigenvalue weighted by molar-refractivity contribution is 0.346. The van der Waals surface area contributed by atoms with Crippen molar-refractivity contribution < 1.29 is 4.42 Å². The van der Waals surface area contributed by atoms with E-state index in [1.165, 1.54) is 16.5 Å². The lowest BCUT2D eigenvalue weighted by Crippen LogP contribution is -2.26. The van der Waals surface area contributed by atoms with E-state index in [1.54, 1.807) is 0 Å². The summed E-state index contributed by atoms with van der Waals surface area (Å²) in [4.78, 5) is 6.82. The molecule has 3 nitrogen and oxygen atoms in total. The van der Waals surface area contributed by atoms with Crippen LogP contribution in [0.3, 0.4) is 0 Å². The molecular formula is C22H23ClN2O. The van der Waals surface area contributed by atoms with Gasteiger partial charge in [-0.25, -0.2) is 4.98 Å². The van der Waals surface area contributed by atoms with Crippen molar-refractivity contribution in [3.63, 3.8) is 0 Å². The Kier molecular flexibility index (Phi) is 4.73. The van der Waals surface area contributed by atoms with Gasteiger partial charge in [-0.15, -0.1) is 0 Å². The van der Waals surface area contributed by atoms with Crippen LogP contribution >= 0.6 is 11.6 Å². The van der Waals surface area contributed by atoms with E-state index >= 15 is 0 Å². The maximum Gasteiger partial charge on any atom is 0.134 e. The molecular weight excluding hydrogens is 344 g/mol. The predicted molar refractivity (Wildman–Crippen MR) is 107 cm³/mol. The maximum absolute atomic E-state index is 6.01. The molecule has 4 rings (SSSR count). The first-order valence-corrected chi connectivity index (χ1v) is 9.51. The second-order valence-corrected chi connectivity index (χ2v) is 7.41. The fourth-order valence-electron chi connectivity index (χ4n) is 3.58. The van der Waals surface area contributed by atoms with Crippen LogP contribution in [0.5, 0.6) is 0 Å². The molecule has 0 amide bonds. The van der Waals surface area contributed by atoms with Crippen molar-refractivity contribution >= 4 is 22.6 Å². The summed E-state index contributed by atoms with van der Waals surface area (Å²) in [6.45, 7) is 6.19. The first kappa shape index (κ1) is 17.2. The largest absolute Gasteiger partial charge is 0.461 e. The van der Waals surface area contributed by atoms with Crippen LogP contribution in [0.25, 0.3) is 11.0 Å². The molecule has 0 saturated carbocycles. The second kappa shape index (κ2) is 7.16. The van der Waals surface area contributed by atoms with E-state index < -0.39 is 0 Å². The zero-order chi connectivity index (χ0) is 18.1. The quantitative estimate of drug-likeness (QED) is 0.559. The van der Waals surface area contributed by atoms with Crippen LogP contribution in [-0.2, 0) is 6.42 Å². The Morgan fingerprint density at radius 1 is 1.23 bits per heavy atom. The van der Waals surface area contributed by atoms with Crippen molar-refractivity contribution in [2.45, 2.75) is 32.6 Å². The van der Waals surface area contributed by atoms with Crippen LogP contribution < -0.4 is 0 Å². The number of fused-ring (bicyclic) bond motifs is 1. The van der Waals surface area contributed by atoms with Crippen LogP contribution in [0, 0.1) is 13.8 Å². The molecule has 1 unspecified atom stereocenters. The molecule has 0 aliphatic carbocycles. The Bertz CT molecular complexity index is 960. The van der Waals surface area contributed by atoms with Crippen LogP contribution in [0.2, 0.25) is 5.15 Å². The van der Waals surface area contributed by atoms with Gasteiger partial charge in [0.15, 0.2) is 0 Å². The zero-order valence-electron chi connectivity index (χ0n) is 15.2. The molecule has 0 spiro atoms. The number of aryl methyl sites for hydroxylation is 2. The van der Waals surface area contributed by atoms with E-state index in [0.717, 1.165) is 43.0 Å². The van der Waals surface area contributed by atoms with Crippen molar-refractivity contribution in [2.75, 3.05) is 13.1 Å². The molecule has 134 valence electrons. The normalized spacial score (nSPS) is 17.2. The summed E-state index contributed by atoms with van der Waals surface area (Å²) in [6, 6.07) is 12.4. The number of rotatable bonds is 4. The molecule has 1 aliphatic rings. The van der Waals surface area contributed by atoms with Crippen LogP contribution in [0.4, 0.5) is 0 Å². The van der Waals surface area contributed by atoms with Gasteiger partial charge in [0, 0.05) is 30.1 Å². The van der Waals surface area contributed by atoms with Crippen LogP contribution in [-0.4, -0.2) is 23.0 Å². The Labute approximate surface area is 159 Å². The molecule has 26 heavy (non-hydrogen) atoms. The molecule has 1 aliphatic heterocycles. The first-order valence-electron chi connectivity index (χ1n) is 9.13. The third kappa shape index (κ3) is 3.49. The monoisotopic (exact) mass is 366 g/mol. The number of hydrogen-bond donors (Lipinski definition) is 0. The Morgan fingerprint density at radius 2 is 2.12 bits per heavy atom. The van der Waals surface area contributed by atoms with Crippen LogP contribution in [0.1, 0.15) is 34.9 Å². The smallest absolute Gasteiger partial charge is 0.134 e. The molecule has 1 atom stereocenters. The van der Waals surface area contributed by atoms with Gasteiger partial charge in [0.05, 0.1) is 0 Å². The van der Waals surface area contributed by atoms with Crippen molar-refractivity contribution in [3.8, 4) is 0 Å². The van der Waals surface area contributed by atoms with Crippen molar-refractivity contribution in [1.82, 2.24) is 9.88 Å². The highest BCUT2D eigenvalue weighted by molar-refractivity contribution is 6.29. The van der Waals surface area contributed by atoms with Gasteiger partial charge in [-0.2, -0.15) is 0 Å². The first-order chi connectivity index (χ1) is 12.6.